The molecular formula is C28H37N5O2S. The topological polar surface area (TPSA) is 91.1 Å². The molecule has 2 aromatic heterocycles. The molecular weight excluding hydrogens is 470 g/mol. The number of aromatic nitrogens is 2. The summed E-state index contributed by atoms with van der Waals surface area (Å²) in [5.41, 5.74) is 2.22. The number of amides is 1. The predicted molar refractivity (Wildman–Crippen MR) is 140 cm³/mol. The van der Waals surface area contributed by atoms with E-state index in [1.54, 1.807) is 11.3 Å². The average molecular weight is 508 g/mol. The number of carbonyl (C=O) groups excluding carboxylic acids is 1. The van der Waals surface area contributed by atoms with Gasteiger partial charge in [-0.2, -0.15) is 5.26 Å². The summed E-state index contributed by atoms with van der Waals surface area (Å²) in [7, 11) is 0. The molecule has 0 saturated heterocycles. The van der Waals surface area contributed by atoms with E-state index in [1.807, 2.05) is 19.2 Å². The van der Waals surface area contributed by atoms with Crippen LogP contribution < -0.4 is 10.1 Å². The zero-order valence-corrected chi connectivity index (χ0v) is 22.1. The first-order valence-electron chi connectivity index (χ1n) is 13.5. The Bertz CT molecular complexity index is 1100. The zero-order valence-electron chi connectivity index (χ0n) is 21.3. The molecule has 0 unspecified atom stereocenters. The smallest absolute Gasteiger partial charge is 0.225 e. The number of pyridine rings is 1. The minimum atomic E-state index is -0.267. The molecule has 5 rings (SSSR count). The van der Waals surface area contributed by atoms with Gasteiger partial charge >= 0.3 is 0 Å². The van der Waals surface area contributed by atoms with Gasteiger partial charge in [0.2, 0.25) is 11.8 Å². The first kappa shape index (κ1) is 25.2. The maximum Gasteiger partial charge on any atom is 0.225 e. The van der Waals surface area contributed by atoms with E-state index in [0.29, 0.717) is 24.9 Å². The van der Waals surface area contributed by atoms with Gasteiger partial charge in [-0.1, -0.05) is 6.07 Å². The second kappa shape index (κ2) is 11.3. The number of carbonyl (C=O) groups is 1. The van der Waals surface area contributed by atoms with Crippen LogP contribution >= 0.6 is 11.3 Å². The summed E-state index contributed by atoms with van der Waals surface area (Å²) in [5.74, 6) is 1.54. The van der Waals surface area contributed by atoms with E-state index in [2.05, 4.69) is 27.3 Å². The lowest BCUT2D eigenvalue weighted by Crippen LogP contribution is -2.38. The van der Waals surface area contributed by atoms with Crippen molar-refractivity contribution in [2.75, 3.05) is 26.2 Å². The predicted octanol–water partition coefficient (Wildman–Crippen LogP) is 4.24. The van der Waals surface area contributed by atoms with Crippen molar-refractivity contribution in [3.8, 4) is 11.9 Å². The summed E-state index contributed by atoms with van der Waals surface area (Å²) in [6.07, 6.45) is 11.9. The van der Waals surface area contributed by atoms with Crippen LogP contribution in [0.2, 0.25) is 0 Å². The third-order valence-electron chi connectivity index (χ3n) is 8.06. The highest BCUT2D eigenvalue weighted by atomic mass is 32.1. The van der Waals surface area contributed by atoms with Gasteiger partial charge in [0.1, 0.15) is 6.61 Å². The van der Waals surface area contributed by atoms with Crippen LogP contribution in [0.15, 0.2) is 18.3 Å². The van der Waals surface area contributed by atoms with Gasteiger partial charge < -0.3 is 15.0 Å². The number of ether oxygens (including phenoxy) is 1. The Balaban J connectivity index is 1.01. The van der Waals surface area contributed by atoms with Gasteiger partial charge in [0, 0.05) is 48.4 Å². The minimum Gasteiger partial charge on any atom is -0.476 e. The van der Waals surface area contributed by atoms with Crippen molar-refractivity contribution >= 4 is 17.2 Å². The molecule has 2 saturated carbocycles. The van der Waals surface area contributed by atoms with Gasteiger partial charge in [-0.25, -0.2) is 9.97 Å². The van der Waals surface area contributed by atoms with Crippen LogP contribution in [0.5, 0.6) is 5.88 Å². The summed E-state index contributed by atoms with van der Waals surface area (Å²) in [6.45, 7) is 5.68. The average Bonchev–Trinajstić information content (AvgIpc) is 3.61. The SMILES string of the molecule is Cc1ncc(CC(=O)NC2CCC(CCN3CCc4ccc(OCC5(C#N)CC5)nc4CC3)CC2)s1. The van der Waals surface area contributed by atoms with Gasteiger partial charge in [-0.15, -0.1) is 11.3 Å². The fraction of sp³-hybridized carbons (Fsp3) is 0.643. The summed E-state index contributed by atoms with van der Waals surface area (Å²) in [4.78, 5) is 25.0. The molecule has 3 aliphatic rings. The Hall–Kier alpha value is -2.50. The van der Waals surface area contributed by atoms with Crippen molar-refractivity contribution in [2.45, 2.75) is 77.2 Å². The fourth-order valence-electron chi connectivity index (χ4n) is 5.45. The summed E-state index contributed by atoms with van der Waals surface area (Å²) in [5, 5.41) is 13.5. The van der Waals surface area contributed by atoms with E-state index in [9.17, 15) is 10.1 Å². The molecule has 0 aromatic carbocycles. The standard InChI is InChI=1S/C28H37N5O2S/c1-20-30-17-24(36-20)16-26(34)31-23-5-2-21(3-6-23)8-13-33-14-9-22-4-7-27(32-25(22)10-15-33)35-19-28(18-29)11-12-28/h4,7,17,21,23H,2-3,5-6,8-16,19H2,1H3,(H,31,34). The van der Waals surface area contributed by atoms with Crippen molar-refractivity contribution in [2.24, 2.45) is 11.3 Å². The molecule has 1 N–H and O–H groups in total. The van der Waals surface area contributed by atoms with Crippen molar-refractivity contribution in [3.63, 3.8) is 0 Å². The quantitative estimate of drug-likeness (QED) is 0.546. The second-order valence-electron chi connectivity index (χ2n) is 10.9. The fourth-order valence-corrected chi connectivity index (χ4v) is 6.24. The number of rotatable bonds is 9. The summed E-state index contributed by atoms with van der Waals surface area (Å²) < 4.78 is 5.87. The Morgan fingerprint density at radius 3 is 2.78 bits per heavy atom. The lowest BCUT2D eigenvalue weighted by Gasteiger charge is -2.30. The molecule has 0 spiro atoms. The van der Waals surface area contributed by atoms with E-state index in [1.165, 1.54) is 24.8 Å². The largest absolute Gasteiger partial charge is 0.476 e. The van der Waals surface area contributed by atoms with E-state index < -0.39 is 0 Å². The molecule has 36 heavy (non-hydrogen) atoms. The van der Waals surface area contributed by atoms with E-state index >= 15 is 0 Å². The van der Waals surface area contributed by atoms with E-state index in [-0.39, 0.29) is 11.3 Å². The van der Waals surface area contributed by atoms with Crippen LogP contribution in [0.3, 0.4) is 0 Å². The Labute approximate surface area is 218 Å². The molecule has 8 heteroatoms. The van der Waals surface area contributed by atoms with Gasteiger partial charge in [-0.3, -0.25) is 4.79 Å². The first-order valence-corrected chi connectivity index (χ1v) is 14.3. The van der Waals surface area contributed by atoms with Gasteiger partial charge in [0.25, 0.3) is 0 Å². The zero-order chi connectivity index (χ0) is 25.0. The maximum absolute atomic E-state index is 12.4. The molecule has 7 nitrogen and oxygen atoms in total. The number of hydrogen-bond acceptors (Lipinski definition) is 7. The molecule has 0 atom stereocenters. The van der Waals surface area contributed by atoms with E-state index in [4.69, 9.17) is 9.72 Å². The number of fused-ring (bicyclic) bond motifs is 1. The Morgan fingerprint density at radius 2 is 2.06 bits per heavy atom. The number of thiazole rings is 1. The molecule has 1 amide bonds. The van der Waals surface area contributed by atoms with Crippen LogP contribution in [-0.2, 0) is 24.1 Å². The number of nitriles is 1. The van der Waals surface area contributed by atoms with Gasteiger partial charge in [0.15, 0.2) is 0 Å². The number of nitrogens with zero attached hydrogens (tertiary/aromatic N) is 4. The maximum atomic E-state index is 12.4. The minimum absolute atomic E-state index is 0.130. The third kappa shape index (κ3) is 6.63. The summed E-state index contributed by atoms with van der Waals surface area (Å²) >= 11 is 1.61. The van der Waals surface area contributed by atoms with Crippen LogP contribution in [-0.4, -0.2) is 53.1 Å². The van der Waals surface area contributed by atoms with Gasteiger partial charge in [0.05, 0.1) is 22.9 Å². The first-order chi connectivity index (χ1) is 17.5. The number of nitrogens with one attached hydrogen (secondary N) is 1. The lowest BCUT2D eigenvalue weighted by atomic mass is 9.84. The monoisotopic (exact) mass is 507 g/mol. The van der Waals surface area contributed by atoms with Crippen molar-refractivity contribution in [3.05, 3.63) is 39.5 Å². The van der Waals surface area contributed by atoms with Crippen LogP contribution in [0.25, 0.3) is 0 Å². The highest BCUT2D eigenvalue weighted by Crippen LogP contribution is 2.45. The van der Waals surface area contributed by atoms with Crippen molar-refractivity contribution in [1.82, 2.24) is 20.2 Å². The molecule has 192 valence electrons. The highest BCUT2D eigenvalue weighted by Gasteiger charge is 2.44. The Kier molecular flexibility index (Phi) is 7.87. The van der Waals surface area contributed by atoms with Crippen LogP contribution in [0.1, 0.15) is 66.1 Å². The molecule has 1 aliphatic heterocycles. The molecule has 2 aliphatic carbocycles. The van der Waals surface area contributed by atoms with Crippen LogP contribution in [0, 0.1) is 29.6 Å². The molecule has 2 aromatic rings. The van der Waals surface area contributed by atoms with Crippen molar-refractivity contribution < 1.29 is 9.53 Å². The molecule has 0 bridgehead atoms. The Morgan fingerprint density at radius 1 is 1.25 bits per heavy atom. The lowest BCUT2D eigenvalue weighted by molar-refractivity contribution is -0.121. The summed E-state index contributed by atoms with van der Waals surface area (Å²) in [6, 6.07) is 6.84. The van der Waals surface area contributed by atoms with Crippen molar-refractivity contribution in [1.29, 1.82) is 5.26 Å². The molecule has 0 radical (unpaired) electrons. The highest BCUT2D eigenvalue weighted by molar-refractivity contribution is 7.11. The molecule has 2 fully saturated rings. The number of hydrogen-bond donors (Lipinski definition) is 1. The normalized spacial score (nSPS) is 23.2. The third-order valence-corrected chi connectivity index (χ3v) is 8.97. The molecule has 3 heterocycles. The number of aryl methyl sites for hydroxylation is 1. The van der Waals surface area contributed by atoms with E-state index in [0.717, 1.165) is 79.7 Å². The second-order valence-corrected chi connectivity index (χ2v) is 12.2. The van der Waals surface area contributed by atoms with Gasteiger partial charge in [-0.05, 0) is 76.3 Å². The van der Waals surface area contributed by atoms with Crippen LogP contribution in [0.4, 0.5) is 0 Å².